The van der Waals surface area contributed by atoms with Crippen molar-refractivity contribution in [2.45, 2.75) is 32.2 Å². The third-order valence-corrected chi connectivity index (χ3v) is 4.68. The van der Waals surface area contributed by atoms with Gasteiger partial charge in [0.05, 0.1) is 17.6 Å². The molecule has 1 fully saturated rings. The van der Waals surface area contributed by atoms with Crippen LogP contribution in [0.25, 0.3) is 0 Å². The van der Waals surface area contributed by atoms with Gasteiger partial charge in [0.15, 0.2) is 0 Å². The third kappa shape index (κ3) is 4.73. The summed E-state index contributed by atoms with van der Waals surface area (Å²) in [7, 11) is 1.21. The number of ether oxygens (including phenoxy) is 1. The van der Waals surface area contributed by atoms with Crippen molar-refractivity contribution in [3.63, 3.8) is 0 Å². The maximum atomic E-state index is 11.5. The molecule has 0 saturated carbocycles. The zero-order chi connectivity index (χ0) is 19.9. The van der Waals surface area contributed by atoms with E-state index in [1.807, 2.05) is 12.1 Å². The highest BCUT2D eigenvalue weighted by Gasteiger charge is 2.19. The number of aromatic nitrogens is 2. The molecule has 2 aromatic heterocycles. The van der Waals surface area contributed by atoms with Gasteiger partial charge in [-0.2, -0.15) is 0 Å². The Balaban J connectivity index is 1.68. The van der Waals surface area contributed by atoms with E-state index in [-0.39, 0.29) is 17.1 Å². The summed E-state index contributed by atoms with van der Waals surface area (Å²) in [5.74, 6) is 0.377. The number of carbonyl (C=O) groups excluding carboxylic acids is 1. The quantitative estimate of drug-likeness (QED) is 0.459. The third-order valence-electron chi connectivity index (χ3n) is 4.68. The van der Waals surface area contributed by atoms with Gasteiger partial charge in [-0.3, -0.25) is 10.1 Å². The van der Waals surface area contributed by atoms with Crippen molar-refractivity contribution in [2.24, 2.45) is 0 Å². The molecule has 0 aliphatic carbocycles. The molecule has 0 aromatic carbocycles. The van der Waals surface area contributed by atoms with Crippen LogP contribution in [0.5, 0.6) is 0 Å². The van der Waals surface area contributed by atoms with Crippen LogP contribution in [0.2, 0.25) is 0 Å². The molecule has 0 atom stereocenters. The lowest BCUT2D eigenvalue weighted by molar-refractivity contribution is -0.384. The van der Waals surface area contributed by atoms with E-state index in [2.05, 4.69) is 24.9 Å². The maximum absolute atomic E-state index is 11.5. The van der Waals surface area contributed by atoms with Crippen molar-refractivity contribution in [1.82, 2.24) is 9.97 Å². The van der Waals surface area contributed by atoms with E-state index >= 15 is 0 Å². The van der Waals surface area contributed by atoms with E-state index in [0.717, 1.165) is 30.5 Å². The molecule has 0 radical (unpaired) electrons. The second kappa shape index (κ2) is 9.12. The number of carbonyl (C=O) groups is 1. The van der Waals surface area contributed by atoms with Crippen molar-refractivity contribution in [3.8, 4) is 0 Å². The van der Waals surface area contributed by atoms with Gasteiger partial charge in [-0.1, -0.05) is 18.9 Å². The Labute approximate surface area is 162 Å². The topological polar surface area (TPSA) is 110 Å². The fourth-order valence-corrected chi connectivity index (χ4v) is 3.15. The highest BCUT2D eigenvalue weighted by Crippen LogP contribution is 2.24. The molecule has 1 aliphatic heterocycles. The van der Waals surface area contributed by atoms with E-state index < -0.39 is 10.9 Å². The summed E-state index contributed by atoms with van der Waals surface area (Å²) in [6, 6.07) is 5.08. The number of nitrogens with zero attached hydrogens (tertiary/aromatic N) is 4. The van der Waals surface area contributed by atoms with Crippen LogP contribution in [0.3, 0.4) is 0 Å². The summed E-state index contributed by atoms with van der Waals surface area (Å²) >= 11 is 0. The molecule has 148 valence electrons. The lowest BCUT2D eigenvalue weighted by atomic mass is 10.2. The molecule has 0 amide bonds. The molecule has 9 nitrogen and oxygen atoms in total. The molecular formula is C19H23N5O4. The first-order chi connectivity index (χ1) is 13.6. The second-order valence-electron chi connectivity index (χ2n) is 6.62. The number of rotatable bonds is 6. The molecular weight excluding hydrogens is 362 g/mol. The number of anilines is 2. The maximum Gasteiger partial charge on any atom is 0.339 e. The van der Waals surface area contributed by atoms with E-state index in [1.54, 1.807) is 6.20 Å². The fourth-order valence-electron chi connectivity index (χ4n) is 3.15. The second-order valence-corrected chi connectivity index (χ2v) is 6.62. The molecule has 1 aliphatic rings. The Morgan fingerprint density at radius 3 is 2.57 bits per heavy atom. The van der Waals surface area contributed by atoms with Gasteiger partial charge in [0.2, 0.25) is 5.82 Å². The predicted octanol–water partition coefficient (Wildman–Crippen LogP) is 3.16. The Hall–Kier alpha value is -3.23. The average Bonchev–Trinajstić information content (AvgIpc) is 3.01. The molecule has 1 N–H and O–H groups in total. The first-order valence-electron chi connectivity index (χ1n) is 9.25. The number of pyridine rings is 2. The standard InChI is InChI=1S/C19H23N5O4/c1-28-19(25)15-10-16(24(26)27)18(22-13-15)21-12-14-6-7-17(20-11-14)23-8-4-2-3-5-9-23/h6-7,10-11,13H,2-5,8-9,12H2,1H3,(H,21,22). The number of nitrogens with one attached hydrogen (secondary N) is 1. The first-order valence-corrected chi connectivity index (χ1v) is 9.25. The highest BCUT2D eigenvalue weighted by molar-refractivity contribution is 5.90. The highest BCUT2D eigenvalue weighted by atomic mass is 16.6. The van der Waals surface area contributed by atoms with Crippen LogP contribution in [-0.2, 0) is 11.3 Å². The minimum absolute atomic E-state index is 0.0308. The zero-order valence-electron chi connectivity index (χ0n) is 15.8. The predicted molar refractivity (Wildman–Crippen MR) is 104 cm³/mol. The smallest absolute Gasteiger partial charge is 0.339 e. The summed E-state index contributed by atoms with van der Waals surface area (Å²) in [6.45, 7) is 2.37. The van der Waals surface area contributed by atoms with Crippen molar-refractivity contribution in [3.05, 3.63) is 51.8 Å². The Bertz CT molecular complexity index is 833. The summed E-state index contributed by atoms with van der Waals surface area (Å²) in [4.78, 5) is 33.1. The summed E-state index contributed by atoms with van der Waals surface area (Å²) < 4.78 is 4.57. The van der Waals surface area contributed by atoms with Gasteiger partial charge in [0.1, 0.15) is 5.82 Å². The van der Waals surface area contributed by atoms with Crippen LogP contribution >= 0.6 is 0 Å². The Morgan fingerprint density at radius 1 is 1.21 bits per heavy atom. The molecule has 2 aromatic rings. The van der Waals surface area contributed by atoms with E-state index in [4.69, 9.17) is 0 Å². The van der Waals surface area contributed by atoms with Crippen molar-refractivity contribution in [1.29, 1.82) is 0 Å². The summed E-state index contributed by atoms with van der Waals surface area (Å²) in [5, 5.41) is 14.2. The van der Waals surface area contributed by atoms with E-state index in [0.29, 0.717) is 6.54 Å². The van der Waals surface area contributed by atoms with Gasteiger partial charge >= 0.3 is 11.7 Å². The minimum Gasteiger partial charge on any atom is -0.465 e. The molecule has 0 unspecified atom stereocenters. The number of esters is 1. The molecule has 9 heteroatoms. The fraction of sp³-hybridized carbons (Fsp3) is 0.421. The number of hydrogen-bond donors (Lipinski definition) is 1. The van der Waals surface area contributed by atoms with Crippen molar-refractivity contribution < 1.29 is 14.5 Å². The van der Waals surface area contributed by atoms with Crippen molar-refractivity contribution in [2.75, 3.05) is 30.4 Å². The molecule has 3 heterocycles. The average molecular weight is 385 g/mol. The molecule has 0 bridgehead atoms. The first kappa shape index (κ1) is 19.5. The van der Waals surface area contributed by atoms with Gasteiger partial charge < -0.3 is 15.0 Å². The van der Waals surface area contributed by atoms with Crippen LogP contribution in [0, 0.1) is 10.1 Å². The minimum atomic E-state index is -0.671. The SMILES string of the molecule is COC(=O)c1cnc(NCc2ccc(N3CCCCCC3)nc2)c([N+](=O)[O-])c1. The summed E-state index contributed by atoms with van der Waals surface area (Å²) in [6.07, 6.45) is 7.91. The van der Waals surface area contributed by atoms with Crippen LogP contribution < -0.4 is 10.2 Å². The zero-order valence-corrected chi connectivity index (χ0v) is 15.8. The summed E-state index contributed by atoms with van der Waals surface area (Å²) in [5.41, 5.74) is 0.631. The van der Waals surface area contributed by atoms with Gasteiger partial charge in [0.25, 0.3) is 0 Å². The van der Waals surface area contributed by atoms with Crippen LogP contribution in [0.1, 0.15) is 41.6 Å². The van der Waals surface area contributed by atoms with E-state index in [9.17, 15) is 14.9 Å². The van der Waals surface area contributed by atoms with Crippen molar-refractivity contribution >= 4 is 23.3 Å². The molecule has 0 spiro atoms. The largest absolute Gasteiger partial charge is 0.465 e. The normalized spacial score (nSPS) is 14.2. The Morgan fingerprint density at radius 2 is 1.96 bits per heavy atom. The van der Waals surface area contributed by atoms with E-state index in [1.165, 1.54) is 39.0 Å². The molecule has 28 heavy (non-hydrogen) atoms. The van der Waals surface area contributed by atoms with Crippen LogP contribution in [0.15, 0.2) is 30.6 Å². The van der Waals surface area contributed by atoms with Crippen LogP contribution in [-0.4, -0.2) is 41.1 Å². The monoisotopic (exact) mass is 385 g/mol. The lowest BCUT2D eigenvalue weighted by Crippen LogP contribution is -2.24. The number of methoxy groups -OCH3 is 1. The number of nitro groups is 1. The lowest BCUT2D eigenvalue weighted by Gasteiger charge is -2.21. The van der Waals surface area contributed by atoms with Gasteiger partial charge in [0, 0.05) is 38.1 Å². The molecule has 3 rings (SSSR count). The van der Waals surface area contributed by atoms with Gasteiger partial charge in [-0.15, -0.1) is 0 Å². The molecule has 1 saturated heterocycles. The Kier molecular flexibility index (Phi) is 6.36. The van der Waals surface area contributed by atoms with Gasteiger partial charge in [-0.25, -0.2) is 14.8 Å². The number of hydrogen-bond acceptors (Lipinski definition) is 8. The van der Waals surface area contributed by atoms with Crippen LogP contribution in [0.4, 0.5) is 17.3 Å². The van der Waals surface area contributed by atoms with Gasteiger partial charge in [-0.05, 0) is 24.5 Å².